The third kappa shape index (κ3) is 5.25. The van der Waals surface area contributed by atoms with E-state index in [-0.39, 0.29) is 13.0 Å². The lowest BCUT2D eigenvalue weighted by Crippen LogP contribution is -2.46. The number of benzene rings is 1. The molecule has 0 aliphatic rings. The van der Waals surface area contributed by atoms with Crippen LogP contribution in [0.4, 0.5) is 0 Å². The molecule has 0 saturated carbocycles. The van der Waals surface area contributed by atoms with Gasteiger partial charge in [-0.3, -0.25) is 14.4 Å². The number of amides is 2. The van der Waals surface area contributed by atoms with Crippen LogP contribution in [0.15, 0.2) is 30.3 Å². The Bertz CT molecular complexity index is 502. The topological polar surface area (TPSA) is 98.5 Å². The maximum Gasteiger partial charge on any atom is 0.308 e. The summed E-state index contributed by atoms with van der Waals surface area (Å²) in [5.74, 6) is -2.04. The Morgan fingerprint density at radius 1 is 1.24 bits per heavy atom. The van der Waals surface area contributed by atoms with Crippen molar-refractivity contribution in [2.45, 2.75) is 26.3 Å². The Morgan fingerprint density at radius 3 is 2.38 bits per heavy atom. The number of carbonyl (C=O) groups excluding carboxylic acids is 3. The van der Waals surface area contributed by atoms with E-state index in [2.05, 4.69) is 5.32 Å². The number of nitrogens with one attached hydrogen (secondary N) is 1. The van der Waals surface area contributed by atoms with Crippen LogP contribution in [0.5, 0.6) is 0 Å². The van der Waals surface area contributed by atoms with Crippen LogP contribution in [0.3, 0.4) is 0 Å². The average molecular weight is 292 g/mol. The summed E-state index contributed by atoms with van der Waals surface area (Å²) in [4.78, 5) is 35.0. The van der Waals surface area contributed by atoms with Crippen LogP contribution in [0.25, 0.3) is 0 Å². The van der Waals surface area contributed by atoms with Gasteiger partial charge >= 0.3 is 5.97 Å². The van der Waals surface area contributed by atoms with Gasteiger partial charge in [0.05, 0.1) is 12.5 Å². The quantitative estimate of drug-likeness (QED) is 0.728. The second kappa shape index (κ2) is 8.04. The summed E-state index contributed by atoms with van der Waals surface area (Å²) >= 11 is 0. The highest BCUT2D eigenvalue weighted by atomic mass is 16.5. The zero-order valence-electron chi connectivity index (χ0n) is 12.2. The number of hydrogen-bond acceptors (Lipinski definition) is 4. The minimum Gasteiger partial charge on any atom is -0.466 e. The van der Waals surface area contributed by atoms with E-state index < -0.39 is 29.7 Å². The summed E-state index contributed by atoms with van der Waals surface area (Å²) in [5.41, 5.74) is 5.70. The zero-order valence-corrected chi connectivity index (χ0v) is 12.2. The first-order valence-corrected chi connectivity index (χ1v) is 6.77. The number of hydrogen-bond donors (Lipinski definition) is 2. The van der Waals surface area contributed by atoms with E-state index in [1.165, 1.54) is 0 Å². The molecule has 0 fully saturated rings. The maximum absolute atomic E-state index is 12.0. The molecular weight excluding hydrogens is 272 g/mol. The maximum atomic E-state index is 12.0. The fraction of sp³-hybridized carbons (Fsp3) is 0.400. The molecule has 2 atom stereocenters. The van der Waals surface area contributed by atoms with Crippen LogP contribution in [-0.4, -0.2) is 30.4 Å². The molecule has 3 N–H and O–H groups in total. The number of primary amides is 1. The van der Waals surface area contributed by atoms with E-state index in [9.17, 15) is 14.4 Å². The Labute approximate surface area is 123 Å². The first kappa shape index (κ1) is 16.7. The first-order valence-electron chi connectivity index (χ1n) is 6.77. The van der Waals surface area contributed by atoms with Gasteiger partial charge < -0.3 is 15.8 Å². The van der Waals surface area contributed by atoms with Gasteiger partial charge in [0.2, 0.25) is 5.91 Å². The summed E-state index contributed by atoms with van der Waals surface area (Å²) in [5, 5.41) is 2.54. The lowest BCUT2D eigenvalue weighted by atomic mass is 10.0. The van der Waals surface area contributed by atoms with E-state index in [0.717, 1.165) is 0 Å². The highest BCUT2D eigenvalue weighted by Gasteiger charge is 2.25. The van der Waals surface area contributed by atoms with Crippen molar-refractivity contribution in [2.75, 3.05) is 6.61 Å². The summed E-state index contributed by atoms with van der Waals surface area (Å²) < 4.78 is 4.87. The Kier molecular flexibility index (Phi) is 6.39. The van der Waals surface area contributed by atoms with Crippen molar-refractivity contribution in [3.63, 3.8) is 0 Å². The number of esters is 1. The Balaban J connectivity index is 2.68. The molecule has 2 amide bonds. The predicted molar refractivity (Wildman–Crippen MR) is 77.3 cm³/mol. The minimum atomic E-state index is -0.919. The van der Waals surface area contributed by atoms with Gasteiger partial charge in [-0.25, -0.2) is 0 Å². The third-order valence-corrected chi connectivity index (χ3v) is 2.96. The zero-order chi connectivity index (χ0) is 15.8. The minimum absolute atomic E-state index is 0.104. The lowest BCUT2D eigenvalue weighted by Gasteiger charge is -2.18. The van der Waals surface area contributed by atoms with Gasteiger partial charge in [0.25, 0.3) is 5.91 Å². The molecule has 6 heteroatoms. The highest BCUT2D eigenvalue weighted by molar-refractivity contribution is 5.97. The van der Waals surface area contributed by atoms with Crippen molar-refractivity contribution >= 4 is 17.8 Å². The molecule has 0 saturated heterocycles. The fourth-order valence-corrected chi connectivity index (χ4v) is 1.81. The number of nitrogens with two attached hydrogens (primary N) is 1. The van der Waals surface area contributed by atoms with Crippen molar-refractivity contribution in [1.82, 2.24) is 5.32 Å². The second-order valence-corrected chi connectivity index (χ2v) is 4.68. The summed E-state index contributed by atoms with van der Waals surface area (Å²) in [6.45, 7) is 3.59. The van der Waals surface area contributed by atoms with Gasteiger partial charge in [0, 0.05) is 5.56 Å². The molecular formula is C15H20N2O4. The largest absolute Gasteiger partial charge is 0.466 e. The van der Waals surface area contributed by atoms with Crippen LogP contribution < -0.4 is 11.1 Å². The molecule has 0 bridgehead atoms. The Hall–Kier alpha value is -2.37. The van der Waals surface area contributed by atoms with Gasteiger partial charge in [-0.2, -0.15) is 0 Å². The van der Waals surface area contributed by atoms with E-state index >= 15 is 0 Å². The number of ether oxygens (including phenoxy) is 1. The SMILES string of the molecule is CCOC(=O)[C@@H](C)C[C@H](NC(=O)c1ccccc1)C(N)=O. The van der Waals surface area contributed by atoms with E-state index in [1.54, 1.807) is 44.2 Å². The molecule has 0 aliphatic heterocycles. The highest BCUT2D eigenvalue weighted by Crippen LogP contribution is 2.09. The summed E-state index contributed by atoms with van der Waals surface area (Å²) in [7, 11) is 0. The van der Waals surface area contributed by atoms with E-state index in [1.807, 2.05) is 0 Å². The van der Waals surface area contributed by atoms with Crippen LogP contribution >= 0.6 is 0 Å². The normalized spacial score (nSPS) is 13.0. The monoisotopic (exact) mass is 292 g/mol. The molecule has 0 aliphatic carbocycles. The predicted octanol–water partition coefficient (Wildman–Crippen LogP) is 0.860. The van der Waals surface area contributed by atoms with Crippen molar-refractivity contribution in [1.29, 1.82) is 0 Å². The Morgan fingerprint density at radius 2 is 1.86 bits per heavy atom. The molecule has 0 heterocycles. The van der Waals surface area contributed by atoms with Crippen LogP contribution in [0.1, 0.15) is 30.6 Å². The molecule has 6 nitrogen and oxygen atoms in total. The van der Waals surface area contributed by atoms with Crippen LogP contribution in [0, 0.1) is 5.92 Å². The first-order chi connectivity index (χ1) is 9.95. The number of rotatable bonds is 7. The molecule has 0 radical (unpaired) electrons. The van der Waals surface area contributed by atoms with E-state index in [4.69, 9.17) is 10.5 Å². The van der Waals surface area contributed by atoms with Crippen molar-refractivity contribution in [3.05, 3.63) is 35.9 Å². The summed E-state index contributed by atoms with van der Waals surface area (Å²) in [6.07, 6.45) is 0.104. The molecule has 114 valence electrons. The van der Waals surface area contributed by atoms with Crippen LogP contribution in [0.2, 0.25) is 0 Å². The molecule has 0 spiro atoms. The molecule has 1 aromatic carbocycles. The molecule has 0 aromatic heterocycles. The summed E-state index contributed by atoms with van der Waals surface area (Å²) in [6, 6.07) is 7.55. The molecule has 21 heavy (non-hydrogen) atoms. The van der Waals surface area contributed by atoms with Gasteiger partial charge in [0.1, 0.15) is 6.04 Å². The van der Waals surface area contributed by atoms with Gasteiger partial charge in [-0.05, 0) is 25.5 Å². The molecule has 1 aromatic rings. The molecule has 1 rings (SSSR count). The van der Waals surface area contributed by atoms with Gasteiger partial charge in [-0.1, -0.05) is 25.1 Å². The molecule has 0 unspecified atom stereocenters. The van der Waals surface area contributed by atoms with Gasteiger partial charge in [0.15, 0.2) is 0 Å². The van der Waals surface area contributed by atoms with Gasteiger partial charge in [-0.15, -0.1) is 0 Å². The third-order valence-electron chi connectivity index (χ3n) is 2.96. The van der Waals surface area contributed by atoms with Crippen molar-refractivity contribution in [3.8, 4) is 0 Å². The van der Waals surface area contributed by atoms with E-state index in [0.29, 0.717) is 5.56 Å². The standard InChI is InChI=1S/C15H20N2O4/c1-3-21-15(20)10(2)9-12(13(16)18)17-14(19)11-7-5-4-6-8-11/h4-8,10,12H,3,9H2,1-2H3,(H2,16,18)(H,17,19)/t10-,12-/m0/s1. The number of carbonyl (C=O) groups is 3. The lowest BCUT2D eigenvalue weighted by molar-refractivity contribution is -0.147. The van der Waals surface area contributed by atoms with Crippen molar-refractivity contribution in [2.24, 2.45) is 11.7 Å². The van der Waals surface area contributed by atoms with Crippen molar-refractivity contribution < 1.29 is 19.1 Å². The fourth-order valence-electron chi connectivity index (χ4n) is 1.81. The average Bonchev–Trinajstić information content (AvgIpc) is 2.47. The second-order valence-electron chi connectivity index (χ2n) is 4.68. The van der Waals surface area contributed by atoms with Crippen LogP contribution in [-0.2, 0) is 14.3 Å². The smallest absolute Gasteiger partial charge is 0.308 e.